The first-order valence-electron chi connectivity index (χ1n) is 31.1. The normalized spacial score (nSPS) is 19.6. The van der Waals surface area contributed by atoms with Gasteiger partial charge in [-0.2, -0.15) is 0 Å². The molecule has 0 aromatic carbocycles. The number of rotatable bonds is 52. The average Bonchev–Trinajstić information content (AvgIpc) is 3.41. The van der Waals surface area contributed by atoms with Crippen LogP contribution in [-0.4, -0.2) is 99.6 Å². The highest BCUT2D eigenvalue weighted by Crippen LogP contribution is 2.26. The van der Waals surface area contributed by atoms with Crippen LogP contribution in [0.25, 0.3) is 0 Å². The van der Waals surface area contributed by atoms with E-state index in [9.17, 15) is 35.1 Å². The fraction of sp³-hybridized carbons (Fsp3) is 0.812. The van der Waals surface area contributed by atoms with Gasteiger partial charge in [-0.05, 0) is 89.9 Å². The van der Waals surface area contributed by atoms with Crippen LogP contribution in [0.2, 0.25) is 0 Å². The molecule has 11 nitrogen and oxygen atoms in total. The van der Waals surface area contributed by atoms with Crippen LogP contribution in [0.15, 0.2) is 60.8 Å². The van der Waals surface area contributed by atoms with Gasteiger partial charge in [0.15, 0.2) is 12.4 Å². The second-order valence-corrected chi connectivity index (χ2v) is 21.4. The van der Waals surface area contributed by atoms with E-state index in [0.29, 0.717) is 12.8 Å². The minimum Gasteiger partial charge on any atom is -0.454 e. The van der Waals surface area contributed by atoms with Crippen molar-refractivity contribution in [2.45, 2.75) is 320 Å². The van der Waals surface area contributed by atoms with Gasteiger partial charge in [0.2, 0.25) is 5.91 Å². The molecule has 0 aromatic rings. The number of carbonyl (C=O) groups is 2. The number of allylic oxidation sites excluding steroid dienone is 9. The van der Waals surface area contributed by atoms with Gasteiger partial charge in [-0.3, -0.25) is 9.59 Å². The lowest BCUT2D eigenvalue weighted by molar-refractivity contribution is -0.305. The number of aliphatic hydroxyl groups is 5. The molecule has 436 valence electrons. The van der Waals surface area contributed by atoms with Gasteiger partial charge in [0.25, 0.3) is 0 Å². The summed E-state index contributed by atoms with van der Waals surface area (Å²) in [6.45, 7) is 5.74. The molecular weight excluding hydrogens is 943 g/mol. The van der Waals surface area contributed by atoms with Crippen LogP contribution in [0.5, 0.6) is 0 Å². The van der Waals surface area contributed by atoms with E-state index in [1.807, 2.05) is 6.08 Å². The van der Waals surface area contributed by atoms with Gasteiger partial charge in [0, 0.05) is 6.42 Å². The van der Waals surface area contributed by atoms with E-state index in [1.165, 1.54) is 122 Å². The summed E-state index contributed by atoms with van der Waals surface area (Å²) in [7, 11) is 0. The van der Waals surface area contributed by atoms with Crippen LogP contribution >= 0.6 is 0 Å². The number of amides is 1. The third kappa shape index (κ3) is 40.2. The molecule has 75 heavy (non-hydrogen) atoms. The van der Waals surface area contributed by atoms with E-state index in [1.54, 1.807) is 6.08 Å². The number of nitrogens with one attached hydrogen (secondary N) is 1. The van der Waals surface area contributed by atoms with Crippen LogP contribution in [0, 0.1) is 0 Å². The molecule has 1 saturated heterocycles. The highest BCUT2D eigenvalue weighted by atomic mass is 16.7. The molecule has 11 heteroatoms. The van der Waals surface area contributed by atoms with E-state index in [4.69, 9.17) is 14.2 Å². The third-order valence-corrected chi connectivity index (χ3v) is 14.4. The van der Waals surface area contributed by atoms with Crippen LogP contribution in [0.3, 0.4) is 0 Å². The van der Waals surface area contributed by atoms with Crippen molar-refractivity contribution in [3.63, 3.8) is 0 Å². The first kappa shape index (κ1) is 70.4. The SMILES string of the molecule is CCCCC/C=C\C/C=C\C/C=C\CCCCCCCCC(=O)OC1C(OCC(NC(=O)C(O)CCCCCCCC/C=C/CCCCCCCC)C(O)/C=C/CCCCCCCCCCC)OC(CO)C(O)C1O. The van der Waals surface area contributed by atoms with Gasteiger partial charge in [0.05, 0.1) is 25.4 Å². The van der Waals surface area contributed by atoms with Crippen LogP contribution in [0.4, 0.5) is 0 Å². The number of carbonyl (C=O) groups excluding carboxylic acids is 2. The summed E-state index contributed by atoms with van der Waals surface area (Å²) in [5, 5.41) is 56.9. The van der Waals surface area contributed by atoms with Gasteiger partial charge in [0.1, 0.15) is 24.4 Å². The number of aliphatic hydroxyl groups excluding tert-OH is 5. The van der Waals surface area contributed by atoms with Gasteiger partial charge in [-0.15, -0.1) is 0 Å². The maximum Gasteiger partial charge on any atom is 0.306 e. The Morgan fingerprint density at radius 3 is 1.41 bits per heavy atom. The van der Waals surface area contributed by atoms with Gasteiger partial charge < -0.3 is 45.1 Å². The van der Waals surface area contributed by atoms with Crippen molar-refractivity contribution >= 4 is 11.9 Å². The van der Waals surface area contributed by atoms with Crippen molar-refractivity contribution in [3.8, 4) is 0 Å². The minimum atomic E-state index is -1.62. The number of unbranched alkanes of at least 4 members (excludes halogenated alkanes) is 30. The molecule has 1 rings (SSSR count). The van der Waals surface area contributed by atoms with E-state index >= 15 is 0 Å². The van der Waals surface area contributed by atoms with E-state index in [0.717, 1.165) is 103 Å². The van der Waals surface area contributed by atoms with Crippen molar-refractivity contribution < 1.29 is 49.3 Å². The van der Waals surface area contributed by atoms with E-state index < -0.39 is 67.4 Å². The maximum absolute atomic E-state index is 13.4. The summed E-state index contributed by atoms with van der Waals surface area (Å²) in [6.07, 6.45) is 54.0. The molecule has 8 unspecified atom stereocenters. The monoisotopic (exact) mass is 1060 g/mol. The molecule has 0 aliphatic carbocycles. The number of hydrogen-bond donors (Lipinski definition) is 6. The zero-order chi connectivity index (χ0) is 54.7. The molecule has 0 radical (unpaired) electrons. The quantitative estimate of drug-likeness (QED) is 0.0195. The second kappa shape index (κ2) is 52.1. The second-order valence-electron chi connectivity index (χ2n) is 21.4. The third-order valence-electron chi connectivity index (χ3n) is 14.4. The van der Waals surface area contributed by atoms with Crippen molar-refractivity contribution in [1.82, 2.24) is 5.32 Å². The summed E-state index contributed by atoms with van der Waals surface area (Å²) < 4.78 is 17.6. The lowest BCUT2D eigenvalue weighted by Crippen LogP contribution is -2.61. The average molecular weight is 1060 g/mol. The smallest absolute Gasteiger partial charge is 0.306 e. The minimum absolute atomic E-state index is 0.108. The number of ether oxygens (including phenoxy) is 3. The lowest BCUT2D eigenvalue weighted by Gasteiger charge is -2.41. The molecule has 1 heterocycles. The van der Waals surface area contributed by atoms with E-state index in [2.05, 4.69) is 74.7 Å². The zero-order valence-corrected chi connectivity index (χ0v) is 48.2. The lowest BCUT2D eigenvalue weighted by atomic mass is 9.99. The number of esters is 1. The zero-order valence-electron chi connectivity index (χ0n) is 48.2. The fourth-order valence-electron chi connectivity index (χ4n) is 9.42. The Bertz CT molecular complexity index is 1450. The molecule has 8 atom stereocenters. The van der Waals surface area contributed by atoms with Gasteiger partial charge in [-0.1, -0.05) is 236 Å². The largest absolute Gasteiger partial charge is 0.454 e. The molecule has 0 spiro atoms. The summed E-state index contributed by atoms with van der Waals surface area (Å²) in [5.41, 5.74) is 0. The molecule has 1 aliphatic heterocycles. The highest BCUT2D eigenvalue weighted by Gasteiger charge is 2.47. The Morgan fingerprint density at radius 2 is 0.920 bits per heavy atom. The Labute approximate surface area is 458 Å². The van der Waals surface area contributed by atoms with Crippen LogP contribution in [-0.2, 0) is 23.8 Å². The Kier molecular flexibility index (Phi) is 48.9. The summed E-state index contributed by atoms with van der Waals surface area (Å²) >= 11 is 0. The van der Waals surface area contributed by atoms with E-state index in [-0.39, 0.29) is 19.4 Å². The molecule has 1 aliphatic rings. The van der Waals surface area contributed by atoms with Crippen LogP contribution < -0.4 is 5.32 Å². The molecule has 0 saturated carbocycles. The summed E-state index contributed by atoms with van der Waals surface area (Å²) in [5.74, 6) is -1.21. The Morgan fingerprint density at radius 1 is 0.520 bits per heavy atom. The van der Waals surface area contributed by atoms with Crippen molar-refractivity contribution in [1.29, 1.82) is 0 Å². The number of hydrogen-bond acceptors (Lipinski definition) is 10. The first-order valence-corrected chi connectivity index (χ1v) is 31.1. The Balaban J connectivity index is 2.68. The predicted molar refractivity (Wildman–Crippen MR) is 310 cm³/mol. The standard InChI is InChI=1S/C64H115NO10/c1-4-7-10-13-16-19-22-24-26-28-29-30-32-34-37-40-43-46-49-52-59(69)75-62-61(71)60(70)58(53-66)74-64(62)73-54-55(56(67)50-47-44-41-38-35-21-18-15-12-9-6-3)65-63(72)57(68)51-48-45-42-39-36-33-31-27-25-23-20-17-14-11-8-5-2/h16,19,24-27,29-30,47,50,55-58,60-62,64,66-68,70-71H,4-15,17-18,20-23,28,31-46,48-49,51-54H2,1-3H3,(H,65,72)/b19-16-,26-24-,27-25+,30-29-,50-47+. The maximum atomic E-state index is 13.4. The van der Waals surface area contributed by atoms with Crippen molar-refractivity contribution in [3.05, 3.63) is 60.8 Å². The first-order chi connectivity index (χ1) is 36.7. The van der Waals surface area contributed by atoms with Crippen LogP contribution in [0.1, 0.15) is 271 Å². The molecule has 0 aromatic heterocycles. The summed E-state index contributed by atoms with van der Waals surface area (Å²) in [4.78, 5) is 26.5. The van der Waals surface area contributed by atoms with Gasteiger partial charge >= 0.3 is 5.97 Å². The van der Waals surface area contributed by atoms with Crippen molar-refractivity contribution in [2.24, 2.45) is 0 Å². The van der Waals surface area contributed by atoms with Crippen molar-refractivity contribution in [2.75, 3.05) is 13.2 Å². The fourth-order valence-corrected chi connectivity index (χ4v) is 9.42. The Hall–Kier alpha value is -2.64. The molecule has 0 bridgehead atoms. The summed E-state index contributed by atoms with van der Waals surface area (Å²) in [6, 6.07) is -1.03. The van der Waals surface area contributed by atoms with Gasteiger partial charge in [-0.25, -0.2) is 0 Å². The molecular formula is C64H115NO10. The predicted octanol–water partition coefficient (Wildman–Crippen LogP) is 14.6. The highest BCUT2D eigenvalue weighted by molar-refractivity contribution is 5.80. The molecule has 6 N–H and O–H groups in total. The topological polar surface area (TPSA) is 175 Å². The molecule has 1 fully saturated rings. The molecule has 1 amide bonds.